The largest absolute Gasteiger partial charge is 0.484 e. The zero-order valence-electron chi connectivity index (χ0n) is 19.7. The number of carbonyl (C=O) groups is 1. The van der Waals surface area contributed by atoms with Crippen LogP contribution in [0.4, 0.5) is 10.1 Å². The fraction of sp³-hybridized carbons (Fsp3) is 0.185. The predicted molar refractivity (Wildman–Crippen MR) is 142 cm³/mol. The average molecular weight is 551 g/mol. The third-order valence-electron chi connectivity index (χ3n) is 5.58. The van der Waals surface area contributed by atoms with Gasteiger partial charge in [-0.05, 0) is 54.4 Å². The Morgan fingerprint density at radius 3 is 2.78 bits per heavy atom. The zero-order valence-corrected chi connectivity index (χ0v) is 21.3. The maximum Gasteiger partial charge on any atom is 0.282 e. The summed E-state index contributed by atoms with van der Waals surface area (Å²) in [4.78, 5) is 30.1. The normalized spacial score (nSPS) is 12.1. The summed E-state index contributed by atoms with van der Waals surface area (Å²) in [6.07, 6.45) is 2.34. The smallest absolute Gasteiger partial charge is 0.282 e. The van der Waals surface area contributed by atoms with Crippen molar-refractivity contribution in [2.45, 2.75) is 26.2 Å². The minimum absolute atomic E-state index is 0.0190. The van der Waals surface area contributed by atoms with E-state index < -0.39 is 11.7 Å². The number of rotatable bonds is 8. The second-order valence-corrected chi connectivity index (χ2v) is 9.11. The number of aromatic nitrogens is 2. The molecular weight excluding hydrogens is 527 g/mol. The van der Waals surface area contributed by atoms with Crippen LogP contribution in [-0.4, -0.2) is 28.4 Å². The van der Waals surface area contributed by atoms with E-state index in [1.54, 1.807) is 48.7 Å². The average Bonchev–Trinajstić information content (AvgIpc) is 2.88. The van der Waals surface area contributed by atoms with Crippen LogP contribution in [0.15, 0.2) is 81.1 Å². The van der Waals surface area contributed by atoms with Crippen molar-refractivity contribution in [2.75, 3.05) is 11.9 Å². The van der Waals surface area contributed by atoms with E-state index in [1.165, 1.54) is 16.8 Å². The van der Waals surface area contributed by atoms with Crippen molar-refractivity contribution in [3.8, 4) is 5.75 Å². The fourth-order valence-corrected chi connectivity index (χ4v) is 3.85. The van der Waals surface area contributed by atoms with Gasteiger partial charge in [-0.25, -0.2) is 9.37 Å². The molecule has 7 nitrogen and oxygen atoms in total. The van der Waals surface area contributed by atoms with Crippen LogP contribution in [0.2, 0.25) is 0 Å². The third-order valence-corrected chi connectivity index (χ3v) is 6.08. The van der Waals surface area contributed by atoms with Crippen LogP contribution < -0.4 is 15.6 Å². The molecule has 1 atom stereocenters. The standard InChI is InChI=1S/C27H24BrFN4O3/c1-3-17(2)26-32-23-12-11-19(28)14-21(23)27(35)33(26)30-15-18-7-6-8-20(13-18)36-16-25(34)31-24-10-5-4-9-22(24)29/h4-15,17H,3,16H2,1-2H3,(H,31,34)/t17-/m1/s1. The van der Waals surface area contributed by atoms with Crippen LogP contribution >= 0.6 is 15.9 Å². The van der Waals surface area contributed by atoms with Crippen LogP contribution in [0.1, 0.15) is 37.6 Å². The Balaban J connectivity index is 1.55. The predicted octanol–water partition coefficient (Wildman–Crippen LogP) is 5.71. The lowest BCUT2D eigenvalue weighted by Gasteiger charge is -2.14. The Labute approximate surface area is 215 Å². The van der Waals surface area contributed by atoms with Crippen LogP contribution in [0.3, 0.4) is 0 Å². The first-order valence-electron chi connectivity index (χ1n) is 11.4. The number of nitrogens with zero attached hydrogens (tertiary/aromatic N) is 3. The van der Waals surface area contributed by atoms with Gasteiger partial charge in [-0.3, -0.25) is 9.59 Å². The van der Waals surface area contributed by atoms with Gasteiger partial charge in [0.2, 0.25) is 0 Å². The second-order valence-electron chi connectivity index (χ2n) is 8.19. The number of anilines is 1. The molecule has 3 aromatic carbocycles. The van der Waals surface area contributed by atoms with Gasteiger partial charge in [0.15, 0.2) is 6.61 Å². The Kier molecular flexibility index (Phi) is 7.90. The Bertz CT molecular complexity index is 1500. The quantitative estimate of drug-likeness (QED) is 0.284. The van der Waals surface area contributed by atoms with Gasteiger partial charge in [-0.15, -0.1) is 0 Å². The number of fused-ring (bicyclic) bond motifs is 1. The van der Waals surface area contributed by atoms with Crippen molar-refractivity contribution in [1.82, 2.24) is 9.66 Å². The summed E-state index contributed by atoms with van der Waals surface area (Å²) in [5.41, 5.74) is 1.11. The summed E-state index contributed by atoms with van der Waals surface area (Å²) < 4.78 is 21.4. The van der Waals surface area contributed by atoms with E-state index in [2.05, 4.69) is 26.3 Å². The van der Waals surface area contributed by atoms with Crippen molar-refractivity contribution in [2.24, 2.45) is 5.10 Å². The topological polar surface area (TPSA) is 85.6 Å². The van der Waals surface area contributed by atoms with Crippen LogP contribution in [0.5, 0.6) is 5.75 Å². The highest BCUT2D eigenvalue weighted by Crippen LogP contribution is 2.21. The molecule has 0 aliphatic carbocycles. The SMILES string of the molecule is CC[C@@H](C)c1nc2ccc(Br)cc2c(=O)n1N=Cc1cccc(OCC(=O)Nc2ccccc2F)c1. The van der Waals surface area contributed by atoms with Gasteiger partial charge in [-0.1, -0.05) is 54.0 Å². The summed E-state index contributed by atoms with van der Waals surface area (Å²) in [5.74, 6) is 0.0120. The fourth-order valence-electron chi connectivity index (χ4n) is 3.49. The summed E-state index contributed by atoms with van der Waals surface area (Å²) >= 11 is 3.41. The Morgan fingerprint density at radius 1 is 1.19 bits per heavy atom. The number of hydrogen-bond acceptors (Lipinski definition) is 5. The molecule has 0 unspecified atom stereocenters. The van der Waals surface area contributed by atoms with Crippen molar-refractivity contribution in [3.63, 3.8) is 0 Å². The number of para-hydroxylation sites is 1. The number of halogens is 2. The lowest BCUT2D eigenvalue weighted by molar-refractivity contribution is -0.118. The van der Waals surface area contributed by atoms with Gasteiger partial charge in [-0.2, -0.15) is 9.78 Å². The van der Waals surface area contributed by atoms with E-state index in [1.807, 2.05) is 26.0 Å². The number of benzene rings is 3. The molecule has 0 spiro atoms. The number of ether oxygens (including phenoxy) is 1. The maximum absolute atomic E-state index is 13.7. The first-order valence-corrected chi connectivity index (χ1v) is 12.2. The maximum atomic E-state index is 13.7. The highest BCUT2D eigenvalue weighted by atomic mass is 79.9. The first-order chi connectivity index (χ1) is 17.4. The highest BCUT2D eigenvalue weighted by molar-refractivity contribution is 9.10. The molecule has 0 aliphatic rings. The molecule has 0 fully saturated rings. The number of carbonyl (C=O) groups excluding carboxylic acids is 1. The molecule has 1 aromatic heterocycles. The molecule has 36 heavy (non-hydrogen) atoms. The summed E-state index contributed by atoms with van der Waals surface area (Å²) in [6, 6.07) is 18.2. The van der Waals surface area contributed by atoms with E-state index in [0.29, 0.717) is 28.0 Å². The van der Waals surface area contributed by atoms with Crippen LogP contribution in [-0.2, 0) is 4.79 Å². The van der Waals surface area contributed by atoms with Crippen molar-refractivity contribution in [3.05, 3.63) is 98.8 Å². The first kappa shape index (κ1) is 25.2. The summed E-state index contributed by atoms with van der Waals surface area (Å²) in [6.45, 7) is 3.73. The van der Waals surface area contributed by atoms with Gasteiger partial charge < -0.3 is 10.1 Å². The van der Waals surface area contributed by atoms with Crippen molar-refractivity contribution >= 4 is 44.6 Å². The molecule has 1 amide bonds. The molecule has 1 heterocycles. The molecular formula is C27H24BrFN4O3. The third kappa shape index (κ3) is 5.85. The van der Waals surface area contributed by atoms with Crippen molar-refractivity contribution < 1.29 is 13.9 Å². The molecule has 1 N–H and O–H groups in total. The van der Waals surface area contributed by atoms with Gasteiger partial charge >= 0.3 is 0 Å². The Morgan fingerprint density at radius 2 is 2.00 bits per heavy atom. The molecule has 0 saturated heterocycles. The monoisotopic (exact) mass is 550 g/mol. The molecule has 0 aliphatic heterocycles. The van der Waals surface area contributed by atoms with Gasteiger partial charge in [0.05, 0.1) is 22.8 Å². The minimum atomic E-state index is -0.522. The summed E-state index contributed by atoms with van der Waals surface area (Å²) in [7, 11) is 0. The number of nitrogens with one attached hydrogen (secondary N) is 1. The van der Waals surface area contributed by atoms with Crippen molar-refractivity contribution in [1.29, 1.82) is 0 Å². The van der Waals surface area contributed by atoms with Gasteiger partial charge in [0.25, 0.3) is 11.5 Å². The molecule has 0 bridgehead atoms. The zero-order chi connectivity index (χ0) is 25.7. The van der Waals surface area contributed by atoms with E-state index in [-0.39, 0.29) is 23.8 Å². The molecule has 4 rings (SSSR count). The lowest BCUT2D eigenvalue weighted by atomic mass is 10.1. The lowest BCUT2D eigenvalue weighted by Crippen LogP contribution is -2.23. The minimum Gasteiger partial charge on any atom is -0.484 e. The van der Waals surface area contributed by atoms with Gasteiger partial charge in [0, 0.05) is 10.4 Å². The highest BCUT2D eigenvalue weighted by Gasteiger charge is 2.15. The van der Waals surface area contributed by atoms with E-state index in [0.717, 1.165) is 10.9 Å². The molecule has 184 valence electrons. The van der Waals surface area contributed by atoms with Crippen LogP contribution in [0, 0.1) is 5.82 Å². The second kappa shape index (κ2) is 11.3. The molecule has 0 saturated carbocycles. The number of amides is 1. The number of hydrogen-bond donors (Lipinski definition) is 1. The molecule has 4 aromatic rings. The van der Waals surface area contributed by atoms with E-state index in [4.69, 9.17) is 9.72 Å². The van der Waals surface area contributed by atoms with E-state index in [9.17, 15) is 14.0 Å². The van der Waals surface area contributed by atoms with E-state index >= 15 is 0 Å². The Hall–Kier alpha value is -3.85. The summed E-state index contributed by atoms with van der Waals surface area (Å²) in [5, 5.41) is 7.39. The van der Waals surface area contributed by atoms with Gasteiger partial charge in [0.1, 0.15) is 17.4 Å². The molecule has 0 radical (unpaired) electrons. The molecule has 9 heteroatoms. The van der Waals surface area contributed by atoms with Crippen LogP contribution in [0.25, 0.3) is 10.9 Å².